The van der Waals surface area contributed by atoms with Crippen LogP contribution in [0.3, 0.4) is 0 Å². The Kier molecular flexibility index (Phi) is 7.36. The molecule has 1 unspecified atom stereocenters. The summed E-state index contributed by atoms with van der Waals surface area (Å²) in [5, 5.41) is 14.0. The van der Waals surface area contributed by atoms with Crippen molar-refractivity contribution in [3.63, 3.8) is 0 Å². The van der Waals surface area contributed by atoms with E-state index in [-0.39, 0.29) is 11.9 Å². The zero-order valence-corrected chi connectivity index (χ0v) is 18.8. The average Bonchev–Trinajstić information content (AvgIpc) is 3.12. The molecule has 2 aromatic rings. The van der Waals surface area contributed by atoms with Gasteiger partial charge in [0.05, 0.1) is 10.9 Å². The number of aromatic nitrogens is 3. The van der Waals surface area contributed by atoms with Gasteiger partial charge in [0, 0.05) is 19.1 Å². The molecule has 0 saturated carbocycles. The number of urea groups is 1. The minimum atomic E-state index is -0.509. The van der Waals surface area contributed by atoms with Crippen LogP contribution in [0.15, 0.2) is 29.4 Å². The van der Waals surface area contributed by atoms with Gasteiger partial charge in [-0.1, -0.05) is 29.5 Å². The van der Waals surface area contributed by atoms with Crippen LogP contribution in [0.5, 0.6) is 0 Å². The smallest absolute Gasteiger partial charge is 0.321 e. The van der Waals surface area contributed by atoms with Crippen LogP contribution in [0.2, 0.25) is 0 Å². The highest BCUT2D eigenvalue weighted by Crippen LogP contribution is 2.30. The molecule has 9 heteroatoms. The number of nitrogens with zero attached hydrogens (tertiary/aromatic N) is 4. The fourth-order valence-corrected chi connectivity index (χ4v) is 4.14. The van der Waals surface area contributed by atoms with Gasteiger partial charge >= 0.3 is 6.03 Å². The number of hydrogen-bond acceptors (Lipinski definition) is 6. The monoisotopic (exact) mass is 430 g/mol. The highest BCUT2D eigenvalue weighted by Gasteiger charge is 2.25. The Hall–Kier alpha value is -2.55. The standard InChI is InChI=1S/C21H30N6O2S/c1-14(2)22-19(29)23-18(28)16(4)30-21-25-24-20(26-12-6-5-7-13-26)27(21)17-10-8-15(3)9-11-17/h8-11,14,16H,5-7,12-13H2,1-4H3,(H2,22,23,28,29). The molecule has 0 aliphatic carbocycles. The molecule has 1 fully saturated rings. The van der Waals surface area contributed by atoms with Gasteiger partial charge in [-0.2, -0.15) is 0 Å². The van der Waals surface area contributed by atoms with E-state index in [4.69, 9.17) is 0 Å². The normalized spacial score (nSPS) is 15.2. The van der Waals surface area contributed by atoms with Crippen molar-refractivity contribution in [2.45, 2.75) is 63.4 Å². The number of aryl methyl sites for hydroxylation is 1. The van der Waals surface area contributed by atoms with Crippen LogP contribution < -0.4 is 15.5 Å². The molecule has 1 aliphatic rings. The summed E-state index contributed by atoms with van der Waals surface area (Å²) in [7, 11) is 0. The molecule has 2 N–H and O–H groups in total. The highest BCUT2D eigenvalue weighted by atomic mass is 32.2. The van der Waals surface area contributed by atoms with E-state index in [2.05, 4.69) is 37.9 Å². The van der Waals surface area contributed by atoms with Crippen LogP contribution in [-0.2, 0) is 4.79 Å². The summed E-state index contributed by atoms with van der Waals surface area (Å²) in [5.74, 6) is 0.433. The lowest BCUT2D eigenvalue weighted by Gasteiger charge is -2.28. The lowest BCUT2D eigenvalue weighted by molar-refractivity contribution is -0.119. The highest BCUT2D eigenvalue weighted by molar-refractivity contribution is 8.00. The SMILES string of the molecule is Cc1ccc(-n2c(SC(C)C(=O)NC(=O)NC(C)C)nnc2N2CCCCC2)cc1. The van der Waals surface area contributed by atoms with Gasteiger partial charge in [-0.3, -0.25) is 14.7 Å². The quantitative estimate of drug-likeness (QED) is 0.684. The summed E-state index contributed by atoms with van der Waals surface area (Å²) in [6.45, 7) is 9.38. The van der Waals surface area contributed by atoms with Crippen LogP contribution >= 0.6 is 11.8 Å². The maximum Gasteiger partial charge on any atom is 0.321 e. The van der Waals surface area contributed by atoms with Gasteiger partial charge in [-0.25, -0.2) is 4.79 Å². The van der Waals surface area contributed by atoms with Crippen molar-refractivity contribution in [3.8, 4) is 5.69 Å². The number of rotatable bonds is 6. The Balaban J connectivity index is 1.83. The molecule has 3 amide bonds. The maximum atomic E-state index is 12.5. The number of carbonyl (C=O) groups excluding carboxylic acids is 2. The first kappa shape index (κ1) is 22.1. The zero-order valence-electron chi connectivity index (χ0n) is 18.0. The summed E-state index contributed by atoms with van der Waals surface area (Å²) in [6, 6.07) is 7.65. The van der Waals surface area contributed by atoms with E-state index in [9.17, 15) is 9.59 Å². The summed E-state index contributed by atoms with van der Waals surface area (Å²) >= 11 is 1.29. The van der Waals surface area contributed by atoms with Crippen LogP contribution in [0.1, 0.15) is 45.6 Å². The number of benzene rings is 1. The van der Waals surface area contributed by atoms with Gasteiger partial charge in [-0.05, 0) is 59.1 Å². The van der Waals surface area contributed by atoms with Crippen molar-refractivity contribution in [1.82, 2.24) is 25.4 Å². The Bertz CT molecular complexity index is 874. The summed E-state index contributed by atoms with van der Waals surface area (Å²) in [4.78, 5) is 26.6. The van der Waals surface area contributed by atoms with E-state index in [0.717, 1.165) is 37.6 Å². The predicted molar refractivity (Wildman–Crippen MR) is 119 cm³/mol. The molecule has 0 radical (unpaired) electrons. The lowest BCUT2D eigenvalue weighted by atomic mass is 10.1. The molecule has 0 spiro atoms. The number of carbonyl (C=O) groups is 2. The van der Waals surface area contributed by atoms with Gasteiger partial charge in [0.2, 0.25) is 11.9 Å². The van der Waals surface area contributed by atoms with Crippen LogP contribution in [0.4, 0.5) is 10.7 Å². The fraction of sp³-hybridized carbons (Fsp3) is 0.524. The Morgan fingerprint density at radius 1 is 1.03 bits per heavy atom. The zero-order chi connectivity index (χ0) is 21.7. The molecule has 1 aromatic heterocycles. The summed E-state index contributed by atoms with van der Waals surface area (Å²) in [5.41, 5.74) is 2.13. The van der Waals surface area contributed by atoms with E-state index in [0.29, 0.717) is 5.16 Å². The molecule has 8 nitrogen and oxygen atoms in total. The van der Waals surface area contributed by atoms with E-state index >= 15 is 0 Å². The molecule has 2 heterocycles. The number of amides is 3. The lowest BCUT2D eigenvalue weighted by Crippen LogP contribution is -2.45. The number of nitrogens with one attached hydrogen (secondary N) is 2. The molecule has 0 bridgehead atoms. The average molecular weight is 431 g/mol. The predicted octanol–water partition coefficient (Wildman–Crippen LogP) is 3.28. The van der Waals surface area contributed by atoms with Crippen molar-refractivity contribution < 1.29 is 9.59 Å². The third-order valence-corrected chi connectivity index (χ3v) is 5.90. The molecule has 1 aromatic carbocycles. The van der Waals surface area contributed by atoms with E-state index < -0.39 is 11.3 Å². The van der Waals surface area contributed by atoms with E-state index in [1.165, 1.54) is 23.7 Å². The molecule has 3 rings (SSSR count). The second kappa shape index (κ2) is 9.97. The molecule has 1 aliphatic heterocycles. The first-order valence-corrected chi connectivity index (χ1v) is 11.3. The van der Waals surface area contributed by atoms with E-state index in [1.807, 2.05) is 37.5 Å². The van der Waals surface area contributed by atoms with Gasteiger partial charge in [0.15, 0.2) is 5.16 Å². The topological polar surface area (TPSA) is 92.2 Å². The third kappa shape index (κ3) is 5.53. The number of piperidine rings is 1. The Labute approximate surface area is 181 Å². The van der Waals surface area contributed by atoms with Crippen molar-refractivity contribution in [2.24, 2.45) is 0 Å². The third-order valence-electron chi connectivity index (χ3n) is 4.86. The van der Waals surface area contributed by atoms with Crippen LogP contribution in [0, 0.1) is 6.92 Å². The van der Waals surface area contributed by atoms with Crippen molar-refractivity contribution in [1.29, 1.82) is 0 Å². The molecule has 1 saturated heterocycles. The van der Waals surface area contributed by atoms with Crippen LogP contribution in [-0.4, -0.2) is 51.1 Å². The summed E-state index contributed by atoms with van der Waals surface area (Å²) in [6.07, 6.45) is 3.49. The Morgan fingerprint density at radius 2 is 1.70 bits per heavy atom. The number of hydrogen-bond donors (Lipinski definition) is 2. The van der Waals surface area contributed by atoms with Crippen molar-refractivity contribution in [2.75, 3.05) is 18.0 Å². The molecule has 1 atom stereocenters. The van der Waals surface area contributed by atoms with Gasteiger partial charge in [0.1, 0.15) is 0 Å². The van der Waals surface area contributed by atoms with Gasteiger partial charge < -0.3 is 10.2 Å². The van der Waals surface area contributed by atoms with E-state index in [1.54, 1.807) is 6.92 Å². The molecular formula is C21H30N6O2S. The first-order valence-electron chi connectivity index (χ1n) is 10.4. The number of anilines is 1. The Morgan fingerprint density at radius 3 is 2.33 bits per heavy atom. The fourth-order valence-electron chi connectivity index (χ4n) is 3.28. The number of imide groups is 1. The largest absolute Gasteiger partial charge is 0.341 e. The van der Waals surface area contributed by atoms with Crippen molar-refractivity contribution >= 4 is 29.6 Å². The molecule has 162 valence electrons. The summed E-state index contributed by atoms with van der Waals surface area (Å²) < 4.78 is 2.01. The first-order chi connectivity index (χ1) is 14.3. The maximum absolute atomic E-state index is 12.5. The second-order valence-corrected chi connectivity index (χ2v) is 9.19. The number of thioether (sulfide) groups is 1. The molecule has 30 heavy (non-hydrogen) atoms. The van der Waals surface area contributed by atoms with Crippen LogP contribution in [0.25, 0.3) is 5.69 Å². The minimum Gasteiger partial charge on any atom is -0.341 e. The van der Waals surface area contributed by atoms with Crippen molar-refractivity contribution in [3.05, 3.63) is 29.8 Å². The van der Waals surface area contributed by atoms with Gasteiger partial charge in [-0.15, -0.1) is 10.2 Å². The second-order valence-electron chi connectivity index (χ2n) is 7.88. The molecular weight excluding hydrogens is 400 g/mol. The minimum absolute atomic E-state index is 0.0440. The van der Waals surface area contributed by atoms with Gasteiger partial charge in [0.25, 0.3) is 0 Å².